The van der Waals surface area contributed by atoms with Gasteiger partial charge in [0.05, 0.1) is 22.1 Å². The minimum absolute atomic E-state index is 0.0125. The van der Waals surface area contributed by atoms with Gasteiger partial charge in [-0.05, 0) is 32.0 Å². The quantitative estimate of drug-likeness (QED) is 0.923. The fraction of sp³-hybridized carbons (Fsp3) is 0.182. The van der Waals surface area contributed by atoms with Crippen LogP contribution in [0, 0.1) is 13.8 Å². The van der Waals surface area contributed by atoms with Crippen molar-refractivity contribution in [2.45, 2.75) is 18.7 Å². The molecule has 0 saturated carbocycles. The Morgan fingerprint density at radius 2 is 1.89 bits per heavy atom. The summed E-state index contributed by atoms with van der Waals surface area (Å²) in [5, 5.41) is 10.2. The van der Waals surface area contributed by atoms with E-state index in [1.807, 2.05) is 0 Å². The Bertz CT molecular complexity index is 754. The Morgan fingerprint density at radius 3 is 2.37 bits per heavy atom. The van der Waals surface area contributed by atoms with Crippen molar-refractivity contribution in [3.63, 3.8) is 0 Å². The Kier molecular flexibility index (Phi) is 3.61. The number of rotatable bonds is 2. The third-order valence-corrected chi connectivity index (χ3v) is 4.35. The lowest BCUT2D eigenvalue weighted by molar-refractivity contribution is 0.596. The Balaban J connectivity index is 2.72. The lowest BCUT2D eigenvalue weighted by Gasteiger charge is -2.07. The molecule has 0 amide bonds. The molecule has 2 aromatic rings. The van der Waals surface area contributed by atoms with Gasteiger partial charge in [0.1, 0.15) is 4.90 Å². The smallest absolute Gasteiger partial charge is 0.235 e. The van der Waals surface area contributed by atoms with E-state index in [4.69, 9.17) is 28.3 Å². The standard InChI is InChI=1S/C11H11Cl2N3O2S/c1-6-11(19(14,17)18)7(2)16(15-6)10-4-3-8(12)5-9(10)13/h3-5H,1-2H3,(H2,14,17,18). The Hall–Kier alpha value is -1.08. The molecule has 2 rings (SSSR count). The zero-order valence-corrected chi connectivity index (χ0v) is 12.5. The molecule has 0 fully saturated rings. The second-order valence-electron chi connectivity index (χ2n) is 4.05. The van der Waals surface area contributed by atoms with Crippen LogP contribution in [0.5, 0.6) is 0 Å². The highest BCUT2D eigenvalue weighted by molar-refractivity contribution is 7.89. The van der Waals surface area contributed by atoms with Crippen molar-refractivity contribution in [2.75, 3.05) is 0 Å². The number of hydrogen-bond donors (Lipinski definition) is 1. The van der Waals surface area contributed by atoms with E-state index in [9.17, 15) is 8.42 Å². The fourth-order valence-corrected chi connectivity index (χ4v) is 3.37. The summed E-state index contributed by atoms with van der Waals surface area (Å²) in [7, 11) is -3.82. The number of nitrogens with two attached hydrogens (primary N) is 1. The number of primary sulfonamides is 1. The second kappa shape index (κ2) is 4.79. The molecule has 1 aromatic carbocycles. The third-order valence-electron chi connectivity index (χ3n) is 2.65. The fourth-order valence-electron chi connectivity index (χ4n) is 1.93. The second-order valence-corrected chi connectivity index (χ2v) is 6.39. The molecule has 8 heteroatoms. The highest BCUT2D eigenvalue weighted by atomic mass is 35.5. The highest BCUT2D eigenvalue weighted by Gasteiger charge is 2.22. The van der Waals surface area contributed by atoms with Gasteiger partial charge in [-0.15, -0.1) is 0 Å². The van der Waals surface area contributed by atoms with E-state index in [0.717, 1.165) is 0 Å². The number of nitrogens with zero attached hydrogens (tertiary/aromatic N) is 2. The molecule has 0 aliphatic heterocycles. The minimum atomic E-state index is -3.82. The van der Waals surface area contributed by atoms with Gasteiger partial charge in [-0.2, -0.15) is 5.10 Å². The number of halogens is 2. The summed E-state index contributed by atoms with van der Waals surface area (Å²) >= 11 is 11.9. The molecule has 0 atom stereocenters. The molecule has 0 aliphatic carbocycles. The van der Waals surface area contributed by atoms with Crippen molar-refractivity contribution >= 4 is 33.2 Å². The number of sulfonamides is 1. The van der Waals surface area contributed by atoms with Crippen molar-refractivity contribution in [2.24, 2.45) is 5.14 Å². The molecule has 1 aromatic heterocycles. The first-order valence-corrected chi connectivity index (χ1v) is 7.56. The SMILES string of the molecule is Cc1nn(-c2ccc(Cl)cc2Cl)c(C)c1S(N)(=O)=O. The summed E-state index contributed by atoms with van der Waals surface area (Å²) in [6.07, 6.45) is 0. The van der Waals surface area contributed by atoms with Crippen LogP contribution >= 0.6 is 23.2 Å². The molecule has 102 valence electrons. The van der Waals surface area contributed by atoms with Gasteiger partial charge in [-0.3, -0.25) is 0 Å². The summed E-state index contributed by atoms with van der Waals surface area (Å²) < 4.78 is 24.5. The molecule has 0 radical (unpaired) electrons. The number of aryl methyl sites for hydroxylation is 1. The summed E-state index contributed by atoms with van der Waals surface area (Å²) in [6.45, 7) is 3.19. The molecule has 0 unspecified atom stereocenters. The van der Waals surface area contributed by atoms with Crippen molar-refractivity contribution in [1.29, 1.82) is 0 Å². The lowest BCUT2D eigenvalue weighted by atomic mass is 10.3. The van der Waals surface area contributed by atoms with Crippen molar-refractivity contribution < 1.29 is 8.42 Å². The van der Waals surface area contributed by atoms with Crippen LogP contribution in [0.25, 0.3) is 5.69 Å². The topological polar surface area (TPSA) is 78.0 Å². The highest BCUT2D eigenvalue weighted by Crippen LogP contribution is 2.27. The first-order chi connectivity index (χ1) is 8.71. The Labute approximate surface area is 121 Å². The number of benzene rings is 1. The first kappa shape index (κ1) is 14.3. The van der Waals surface area contributed by atoms with Gasteiger partial charge in [0.15, 0.2) is 0 Å². The van der Waals surface area contributed by atoms with Crippen LogP contribution in [0.2, 0.25) is 10.0 Å². The predicted octanol–water partition coefficient (Wildman–Crippen LogP) is 2.44. The van der Waals surface area contributed by atoms with Crippen molar-refractivity contribution in [3.05, 3.63) is 39.6 Å². The van der Waals surface area contributed by atoms with E-state index in [0.29, 0.717) is 27.1 Å². The first-order valence-electron chi connectivity index (χ1n) is 5.26. The third kappa shape index (κ3) is 2.62. The summed E-state index contributed by atoms with van der Waals surface area (Å²) in [5.74, 6) is 0. The molecule has 19 heavy (non-hydrogen) atoms. The zero-order valence-electron chi connectivity index (χ0n) is 10.2. The largest absolute Gasteiger partial charge is 0.241 e. The molecular weight excluding hydrogens is 309 g/mol. The van der Waals surface area contributed by atoms with Crippen LogP contribution in [0.1, 0.15) is 11.4 Å². The van der Waals surface area contributed by atoms with Crippen LogP contribution in [0.4, 0.5) is 0 Å². The average Bonchev–Trinajstić information content (AvgIpc) is 2.53. The van der Waals surface area contributed by atoms with Crippen LogP contribution in [0.3, 0.4) is 0 Å². The van der Waals surface area contributed by atoms with E-state index >= 15 is 0 Å². The van der Waals surface area contributed by atoms with Gasteiger partial charge in [0.2, 0.25) is 10.0 Å². The molecule has 1 heterocycles. The van der Waals surface area contributed by atoms with E-state index in [2.05, 4.69) is 5.10 Å². The van der Waals surface area contributed by atoms with Crippen LogP contribution in [-0.2, 0) is 10.0 Å². The minimum Gasteiger partial charge on any atom is -0.235 e. The van der Waals surface area contributed by atoms with E-state index in [-0.39, 0.29) is 4.90 Å². The molecule has 2 N–H and O–H groups in total. The van der Waals surface area contributed by atoms with Gasteiger partial charge in [0, 0.05) is 5.02 Å². The van der Waals surface area contributed by atoms with Crippen molar-refractivity contribution in [3.8, 4) is 5.69 Å². The van der Waals surface area contributed by atoms with Crippen LogP contribution in [-0.4, -0.2) is 18.2 Å². The molecule has 0 spiro atoms. The van der Waals surface area contributed by atoms with Crippen LogP contribution in [0.15, 0.2) is 23.1 Å². The predicted molar refractivity (Wildman–Crippen MR) is 74.4 cm³/mol. The van der Waals surface area contributed by atoms with Crippen LogP contribution < -0.4 is 5.14 Å². The maximum Gasteiger partial charge on any atom is 0.241 e. The average molecular weight is 320 g/mol. The number of aromatic nitrogens is 2. The zero-order chi connectivity index (χ0) is 14.4. The molecule has 0 aliphatic rings. The summed E-state index contributed by atoms with van der Waals surface area (Å²) in [6, 6.07) is 4.87. The number of hydrogen-bond acceptors (Lipinski definition) is 3. The van der Waals surface area contributed by atoms with Gasteiger partial charge >= 0.3 is 0 Å². The summed E-state index contributed by atoms with van der Waals surface area (Å²) in [4.78, 5) is 0.0125. The molecule has 0 saturated heterocycles. The maximum atomic E-state index is 11.5. The molecule has 0 bridgehead atoms. The van der Waals surface area contributed by atoms with E-state index in [1.54, 1.807) is 32.0 Å². The van der Waals surface area contributed by atoms with E-state index in [1.165, 1.54) is 4.68 Å². The summed E-state index contributed by atoms with van der Waals surface area (Å²) in [5.41, 5.74) is 1.27. The van der Waals surface area contributed by atoms with Gasteiger partial charge in [-0.25, -0.2) is 18.2 Å². The monoisotopic (exact) mass is 319 g/mol. The van der Waals surface area contributed by atoms with Gasteiger partial charge < -0.3 is 0 Å². The Morgan fingerprint density at radius 1 is 1.26 bits per heavy atom. The lowest BCUT2D eigenvalue weighted by Crippen LogP contribution is -2.14. The normalized spacial score (nSPS) is 11.8. The van der Waals surface area contributed by atoms with Gasteiger partial charge in [-0.1, -0.05) is 23.2 Å². The van der Waals surface area contributed by atoms with Gasteiger partial charge in [0.25, 0.3) is 0 Å². The molecule has 5 nitrogen and oxygen atoms in total. The molecular formula is C11H11Cl2N3O2S. The maximum absolute atomic E-state index is 11.5. The van der Waals surface area contributed by atoms with E-state index < -0.39 is 10.0 Å². The van der Waals surface area contributed by atoms with Crippen molar-refractivity contribution in [1.82, 2.24) is 9.78 Å².